The number of hydrogen-bond acceptors (Lipinski definition) is 2. The molecule has 17 heavy (non-hydrogen) atoms. The smallest absolute Gasteiger partial charge is 0.178 e. The van der Waals surface area contributed by atoms with Gasteiger partial charge in [-0.15, -0.1) is 0 Å². The van der Waals surface area contributed by atoms with Gasteiger partial charge in [-0.25, -0.2) is 9.97 Å². The molecular formula is C12H7Cl2N3. The number of aromatic amines is 1. The summed E-state index contributed by atoms with van der Waals surface area (Å²) in [6.45, 7) is 0. The number of halogens is 2. The lowest BCUT2D eigenvalue weighted by molar-refractivity contribution is 1.30. The van der Waals surface area contributed by atoms with Crippen molar-refractivity contribution in [3.8, 4) is 11.1 Å². The Balaban J connectivity index is 2.27. The van der Waals surface area contributed by atoms with E-state index in [9.17, 15) is 0 Å². The zero-order chi connectivity index (χ0) is 11.8. The van der Waals surface area contributed by atoms with E-state index in [1.807, 2.05) is 24.3 Å². The van der Waals surface area contributed by atoms with Gasteiger partial charge in [0.05, 0.1) is 11.3 Å². The van der Waals surface area contributed by atoms with Crippen molar-refractivity contribution in [2.24, 2.45) is 0 Å². The van der Waals surface area contributed by atoms with Gasteiger partial charge in [-0.1, -0.05) is 35.3 Å². The van der Waals surface area contributed by atoms with Gasteiger partial charge in [0, 0.05) is 16.8 Å². The summed E-state index contributed by atoms with van der Waals surface area (Å²) in [5, 5.41) is 1.28. The first kappa shape index (κ1) is 10.6. The first-order chi connectivity index (χ1) is 8.25. The number of hydrogen-bond donors (Lipinski definition) is 1. The van der Waals surface area contributed by atoms with Gasteiger partial charge >= 0.3 is 0 Å². The zero-order valence-corrected chi connectivity index (χ0v) is 10.1. The molecule has 1 aromatic carbocycles. The fourth-order valence-corrected chi connectivity index (χ4v) is 2.21. The van der Waals surface area contributed by atoms with E-state index in [1.54, 1.807) is 12.5 Å². The van der Waals surface area contributed by atoms with Crippen LogP contribution in [0.1, 0.15) is 0 Å². The number of pyridine rings is 1. The second-order valence-electron chi connectivity index (χ2n) is 3.60. The summed E-state index contributed by atoms with van der Waals surface area (Å²) in [5.41, 5.74) is 3.13. The van der Waals surface area contributed by atoms with Crippen molar-refractivity contribution in [2.45, 2.75) is 0 Å². The number of fused-ring (bicyclic) bond motifs is 1. The van der Waals surface area contributed by atoms with Crippen molar-refractivity contribution in [2.75, 3.05) is 0 Å². The minimum Gasteiger partial charge on any atom is -0.342 e. The Hall–Kier alpha value is -1.58. The Morgan fingerprint density at radius 1 is 1.12 bits per heavy atom. The van der Waals surface area contributed by atoms with Crippen molar-refractivity contribution in [1.29, 1.82) is 0 Å². The highest BCUT2D eigenvalue weighted by Gasteiger charge is 2.10. The van der Waals surface area contributed by atoms with Crippen molar-refractivity contribution in [1.82, 2.24) is 15.0 Å². The lowest BCUT2D eigenvalue weighted by Crippen LogP contribution is -1.85. The first-order valence-corrected chi connectivity index (χ1v) is 5.75. The van der Waals surface area contributed by atoms with Crippen molar-refractivity contribution < 1.29 is 0 Å². The largest absolute Gasteiger partial charge is 0.342 e. The van der Waals surface area contributed by atoms with Crippen molar-refractivity contribution in [3.05, 3.63) is 46.8 Å². The van der Waals surface area contributed by atoms with Crippen LogP contribution in [-0.2, 0) is 0 Å². The molecule has 2 aromatic heterocycles. The Morgan fingerprint density at radius 3 is 2.82 bits per heavy atom. The molecule has 0 amide bonds. The van der Waals surface area contributed by atoms with Gasteiger partial charge in [0.25, 0.3) is 0 Å². The highest BCUT2D eigenvalue weighted by Crippen LogP contribution is 2.32. The molecule has 0 fully saturated rings. The molecule has 0 saturated heterocycles. The molecule has 2 heterocycles. The maximum Gasteiger partial charge on any atom is 0.178 e. The fraction of sp³-hybridized carbons (Fsp3) is 0. The van der Waals surface area contributed by atoms with E-state index < -0.39 is 0 Å². The molecule has 0 aliphatic heterocycles. The molecule has 3 aromatic rings. The van der Waals surface area contributed by atoms with E-state index in [-0.39, 0.29) is 0 Å². The van der Waals surface area contributed by atoms with Gasteiger partial charge in [0.15, 0.2) is 5.65 Å². The SMILES string of the molecule is Clc1cccc(-c2cnc3nc[nH]c3c2Cl)c1. The maximum atomic E-state index is 6.32. The number of imidazole rings is 1. The molecule has 0 unspecified atom stereocenters. The molecule has 0 aliphatic carbocycles. The first-order valence-electron chi connectivity index (χ1n) is 4.99. The molecule has 0 saturated carbocycles. The predicted octanol–water partition coefficient (Wildman–Crippen LogP) is 3.93. The second kappa shape index (κ2) is 4.02. The quantitative estimate of drug-likeness (QED) is 0.723. The third-order valence-electron chi connectivity index (χ3n) is 2.53. The molecule has 0 bridgehead atoms. The molecule has 5 heteroatoms. The Kier molecular flexibility index (Phi) is 2.50. The monoisotopic (exact) mass is 263 g/mol. The van der Waals surface area contributed by atoms with E-state index >= 15 is 0 Å². The van der Waals surface area contributed by atoms with Gasteiger partial charge in [-0.2, -0.15) is 0 Å². The van der Waals surface area contributed by atoms with Crippen LogP contribution in [0.3, 0.4) is 0 Å². The van der Waals surface area contributed by atoms with Crippen LogP contribution in [0.4, 0.5) is 0 Å². The van der Waals surface area contributed by atoms with Gasteiger partial charge in [0.2, 0.25) is 0 Å². The summed E-state index contributed by atoms with van der Waals surface area (Å²) in [6.07, 6.45) is 3.28. The standard InChI is InChI=1S/C12H7Cl2N3/c13-8-3-1-2-7(4-8)9-5-15-12-11(10(9)14)16-6-17-12/h1-6H,(H,15,16,17). The maximum absolute atomic E-state index is 6.32. The third kappa shape index (κ3) is 1.77. The number of nitrogens with one attached hydrogen (secondary N) is 1. The molecule has 3 rings (SSSR count). The van der Waals surface area contributed by atoms with Gasteiger partial charge in [-0.05, 0) is 17.7 Å². The number of benzene rings is 1. The molecule has 0 spiro atoms. The minimum absolute atomic E-state index is 0.606. The van der Waals surface area contributed by atoms with E-state index in [0.717, 1.165) is 16.6 Å². The van der Waals surface area contributed by atoms with E-state index in [4.69, 9.17) is 23.2 Å². The van der Waals surface area contributed by atoms with Crippen LogP contribution in [0.2, 0.25) is 10.0 Å². The van der Waals surface area contributed by atoms with E-state index in [1.165, 1.54) is 0 Å². The molecular weight excluding hydrogens is 257 g/mol. The number of H-pyrrole nitrogens is 1. The fourth-order valence-electron chi connectivity index (χ4n) is 1.72. The average Bonchev–Trinajstić information content (AvgIpc) is 2.78. The van der Waals surface area contributed by atoms with Gasteiger partial charge < -0.3 is 4.98 Å². The second-order valence-corrected chi connectivity index (χ2v) is 4.41. The predicted molar refractivity (Wildman–Crippen MR) is 69.3 cm³/mol. The normalized spacial score (nSPS) is 10.9. The number of aromatic nitrogens is 3. The summed E-state index contributed by atoms with van der Waals surface area (Å²) >= 11 is 12.3. The molecule has 1 N–H and O–H groups in total. The Morgan fingerprint density at radius 2 is 2.00 bits per heavy atom. The summed E-state index contributed by atoms with van der Waals surface area (Å²) in [5.74, 6) is 0. The summed E-state index contributed by atoms with van der Waals surface area (Å²) in [7, 11) is 0. The van der Waals surface area contributed by atoms with Gasteiger partial charge in [-0.3, -0.25) is 0 Å². The van der Waals surface area contributed by atoms with Crippen LogP contribution in [0.15, 0.2) is 36.8 Å². The lowest BCUT2D eigenvalue weighted by Gasteiger charge is -2.04. The van der Waals surface area contributed by atoms with Crippen molar-refractivity contribution >= 4 is 34.4 Å². The topological polar surface area (TPSA) is 41.6 Å². The highest BCUT2D eigenvalue weighted by atomic mass is 35.5. The van der Waals surface area contributed by atoms with Crippen LogP contribution >= 0.6 is 23.2 Å². The molecule has 0 radical (unpaired) electrons. The van der Waals surface area contributed by atoms with E-state index in [2.05, 4.69) is 15.0 Å². The molecule has 0 atom stereocenters. The number of nitrogens with zero attached hydrogens (tertiary/aromatic N) is 2. The van der Waals surface area contributed by atoms with Crippen LogP contribution in [0, 0.1) is 0 Å². The Bertz CT molecular complexity index is 691. The highest BCUT2D eigenvalue weighted by molar-refractivity contribution is 6.37. The third-order valence-corrected chi connectivity index (χ3v) is 3.15. The van der Waals surface area contributed by atoms with Crippen LogP contribution in [-0.4, -0.2) is 15.0 Å². The molecule has 84 valence electrons. The molecule has 3 nitrogen and oxygen atoms in total. The van der Waals surface area contributed by atoms with Crippen LogP contribution < -0.4 is 0 Å². The lowest BCUT2D eigenvalue weighted by atomic mass is 10.1. The number of rotatable bonds is 1. The van der Waals surface area contributed by atoms with E-state index in [0.29, 0.717) is 15.7 Å². The summed E-state index contributed by atoms with van der Waals surface area (Å²) < 4.78 is 0. The van der Waals surface area contributed by atoms with Crippen LogP contribution in [0.5, 0.6) is 0 Å². The average molecular weight is 264 g/mol. The Labute approximate surface area is 107 Å². The van der Waals surface area contributed by atoms with Gasteiger partial charge in [0.1, 0.15) is 5.52 Å². The molecule has 0 aliphatic rings. The van der Waals surface area contributed by atoms with Crippen LogP contribution in [0.25, 0.3) is 22.3 Å². The van der Waals surface area contributed by atoms with Crippen molar-refractivity contribution in [3.63, 3.8) is 0 Å². The summed E-state index contributed by atoms with van der Waals surface area (Å²) in [4.78, 5) is 11.3. The zero-order valence-electron chi connectivity index (χ0n) is 8.61. The minimum atomic E-state index is 0.606. The summed E-state index contributed by atoms with van der Waals surface area (Å²) in [6, 6.07) is 7.50.